The highest BCUT2D eigenvalue weighted by Gasteiger charge is 2.09. The van der Waals surface area contributed by atoms with Crippen LogP contribution in [0.15, 0.2) is 11.6 Å². The molecule has 0 saturated heterocycles. The lowest BCUT2D eigenvalue weighted by Crippen LogP contribution is -2.03. The minimum atomic E-state index is -0.171. The van der Waals surface area contributed by atoms with E-state index in [1.165, 1.54) is 7.11 Å². The highest BCUT2D eigenvalue weighted by atomic mass is 32.1. The second kappa shape index (κ2) is 4.65. The Morgan fingerprint density at radius 1 is 1.62 bits per heavy atom. The van der Waals surface area contributed by atoms with E-state index in [1.54, 1.807) is 11.3 Å². The molecule has 0 saturated carbocycles. The van der Waals surface area contributed by atoms with Crippen molar-refractivity contribution in [2.45, 2.75) is 26.2 Å². The molecular weight excluding hydrogens is 224 g/mol. The lowest BCUT2D eigenvalue weighted by molar-refractivity contribution is -0.140. The molecule has 0 amide bonds. The second-order valence-electron chi connectivity index (χ2n) is 3.54. The topological polar surface area (TPSA) is 43.6 Å². The normalized spacial score (nSPS) is 10.9. The quantitative estimate of drug-likeness (QED) is 0.766. The van der Waals surface area contributed by atoms with Gasteiger partial charge in [-0.25, -0.2) is 4.98 Å². The van der Waals surface area contributed by atoms with Crippen molar-refractivity contribution in [3.63, 3.8) is 0 Å². The predicted molar refractivity (Wildman–Crippen MR) is 62.8 cm³/mol. The van der Waals surface area contributed by atoms with Crippen LogP contribution in [-0.4, -0.2) is 22.5 Å². The molecule has 4 nitrogen and oxygen atoms in total. The maximum atomic E-state index is 11.1. The molecule has 0 aliphatic heterocycles. The van der Waals surface area contributed by atoms with Crippen LogP contribution in [0.5, 0.6) is 0 Å². The molecule has 0 aromatic carbocycles. The largest absolute Gasteiger partial charge is 0.469 e. The summed E-state index contributed by atoms with van der Waals surface area (Å²) < 4.78 is 6.69. The monoisotopic (exact) mass is 238 g/mol. The first-order valence-electron chi connectivity index (χ1n) is 5.25. The fraction of sp³-hybridized carbons (Fsp3) is 0.455. The summed E-state index contributed by atoms with van der Waals surface area (Å²) in [5.41, 5.74) is 2.21. The maximum Gasteiger partial charge on any atom is 0.305 e. The number of thiazole rings is 1. The van der Waals surface area contributed by atoms with Gasteiger partial charge in [0.2, 0.25) is 0 Å². The molecule has 16 heavy (non-hydrogen) atoms. The number of hydrogen-bond acceptors (Lipinski definition) is 4. The summed E-state index contributed by atoms with van der Waals surface area (Å²) in [5.74, 6) is -0.171. The fourth-order valence-corrected chi connectivity index (χ4v) is 2.48. The van der Waals surface area contributed by atoms with Crippen LogP contribution in [0.2, 0.25) is 0 Å². The number of carbonyl (C=O) groups is 1. The zero-order valence-electron chi connectivity index (χ0n) is 9.40. The Morgan fingerprint density at radius 3 is 3.12 bits per heavy atom. The van der Waals surface area contributed by atoms with Gasteiger partial charge < -0.3 is 4.74 Å². The Balaban J connectivity index is 2.17. The van der Waals surface area contributed by atoms with Gasteiger partial charge in [-0.3, -0.25) is 9.20 Å². The van der Waals surface area contributed by atoms with E-state index in [2.05, 4.69) is 21.0 Å². The van der Waals surface area contributed by atoms with Crippen LogP contribution < -0.4 is 0 Å². The van der Waals surface area contributed by atoms with Crippen molar-refractivity contribution < 1.29 is 9.53 Å². The van der Waals surface area contributed by atoms with Crippen LogP contribution >= 0.6 is 11.3 Å². The molecule has 0 fully saturated rings. The van der Waals surface area contributed by atoms with Crippen LogP contribution in [0.25, 0.3) is 4.96 Å². The summed E-state index contributed by atoms with van der Waals surface area (Å²) in [5, 5.41) is 2.05. The third kappa shape index (κ3) is 2.09. The van der Waals surface area contributed by atoms with Gasteiger partial charge in [-0.1, -0.05) is 6.92 Å². The summed E-state index contributed by atoms with van der Waals surface area (Å²) in [4.78, 5) is 16.5. The Labute approximate surface area is 97.9 Å². The molecule has 2 aromatic heterocycles. The van der Waals surface area contributed by atoms with Crippen LogP contribution in [-0.2, 0) is 22.4 Å². The number of rotatable bonds is 4. The Kier molecular flexibility index (Phi) is 3.24. The number of hydrogen-bond donors (Lipinski definition) is 0. The summed E-state index contributed by atoms with van der Waals surface area (Å²) in [6.45, 7) is 2.08. The summed E-state index contributed by atoms with van der Waals surface area (Å²) in [7, 11) is 1.41. The molecule has 0 unspecified atom stereocenters. The zero-order valence-corrected chi connectivity index (χ0v) is 10.2. The van der Waals surface area contributed by atoms with Crippen LogP contribution in [0.3, 0.4) is 0 Å². The Hall–Kier alpha value is -1.36. The van der Waals surface area contributed by atoms with Crippen molar-refractivity contribution >= 4 is 22.3 Å². The molecule has 2 heterocycles. The minimum absolute atomic E-state index is 0.171. The van der Waals surface area contributed by atoms with E-state index in [4.69, 9.17) is 0 Å². The van der Waals surface area contributed by atoms with Gasteiger partial charge in [0.05, 0.1) is 19.2 Å². The number of aryl methyl sites for hydroxylation is 2. The first-order chi connectivity index (χ1) is 7.74. The highest BCUT2D eigenvalue weighted by Crippen LogP contribution is 2.18. The molecule has 2 rings (SSSR count). The molecule has 0 atom stereocenters. The van der Waals surface area contributed by atoms with Gasteiger partial charge in [-0.05, 0) is 12.8 Å². The summed E-state index contributed by atoms with van der Waals surface area (Å²) in [6, 6.07) is 0. The average Bonchev–Trinajstić information content (AvgIpc) is 2.85. The lowest BCUT2D eigenvalue weighted by Gasteiger charge is -1.98. The molecule has 0 N–H and O–H groups in total. The van der Waals surface area contributed by atoms with Gasteiger partial charge in [0.25, 0.3) is 0 Å². The lowest BCUT2D eigenvalue weighted by atomic mass is 10.2. The van der Waals surface area contributed by atoms with Crippen LogP contribution in [0, 0.1) is 0 Å². The molecule has 2 aromatic rings. The molecule has 0 aliphatic rings. The van der Waals surface area contributed by atoms with E-state index in [1.807, 2.05) is 11.6 Å². The van der Waals surface area contributed by atoms with Crippen molar-refractivity contribution in [2.24, 2.45) is 0 Å². The summed E-state index contributed by atoms with van der Waals surface area (Å²) in [6.07, 6.45) is 4.09. The summed E-state index contributed by atoms with van der Waals surface area (Å²) >= 11 is 1.61. The molecule has 0 aliphatic carbocycles. The Bertz CT molecular complexity index is 501. The molecule has 86 valence electrons. The third-order valence-corrected chi connectivity index (χ3v) is 3.40. The van der Waals surface area contributed by atoms with Crippen LogP contribution in [0.1, 0.15) is 24.7 Å². The van der Waals surface area contributed by atoms with E-state index in [9.17, 15) is 4.79 Å². The van der Waals surface area contributed by atoms with Gasteiger partial charge in [0.15, 0.2) is 4.96 Å². The van der Waals surface area contributed by atoms with E-state index < -0.39 is 0 Å². The third-order valence-electron chi connectivity index (χ3n) is 2.51. The number of carbonyl (C=O) groups excluding carboxylic acids is 1. The number of ether oxygens (including phenoxy) is 1. The highest BCUT2D eigenvalue weighted by molar-refractivity contribution is 7.15. The maximum absolute atomic E-state index is 11.1. The minimum Gasteiger partial charge on any atom is -0.469 e. The number of aromatic nitrogens is 2. The standard InChI is InChI=1S/C11H14N2O2S/c1-3-8-6-13-9(4-5-10(14)15-2)7-16-11(13)12-8/h6-7H,3-5H2,1-2H3. The van der Waals surface area contributed by atoms with E-state index >= 15 is 0 Å². The van der Waals surface area contributed by atoms with Crippen molar-refractivity contribution in [3.05, 3.63) is 23.0 Å². The van der Waals surface area contributed by atoms with Gasteiger partial charge in [0, 0.05) is 17.3 Å². The van der Waals surface area contributed by atoms with Crippen molar-refractivity contribution in [3.8, 4) is 0 Å². The molecule has 0 bridgehead atoms. The number of imidazole rings is 1. The van der Waals surface area contributed by atoms with Gasteiger partial charge in [0.1, 0.15) is 0 Å². The van der Waals surface area contributed by atoms with E-state index in [-0.39, 0.29) is 5.97 Å². The number of methoxy groups -OCH3 is 1. The first-order valence-corrected chi connectivity index (χ1v) is 6.13. The average molecular weight is 238 g/mol. The number of fused-ring (bicyclic) bond motifs is 1. The van der Waals surface area contributed by atoms with E-state index in [0.717, 1.165) is 22.8 Å². The zero-order chi connectivity index (χ0) is 11.5. The Morgan fingerprint density at radius 2 is 2.44 bits per heavy atom. The SMILES string of the molecule is CCc1cn2c(CCC(=O)OC)csc2n1. The number of esters is 1. The van der Waals surface area contributed by atoms with Crippen molar-refractivity contribution in [2.75, 3.05) is 7.11 Å². The first kappa shape index (κ1) is 11.1. The second-order valence-corrected chi connectivity index (χ2v) is 4.38. The molecular formula is C11H14N2O2S. The molecule has 5 heteroatoms. The van der Waals surface area contributed by atoms with Crippen LogP contribution in [0.4, 0.5) is 0 Å². The van der Waals surface area contributed by atoms with Gasteiger partial charge in [-0.2, -0.15) is 0 Å². The fourth-order valence-electron chi connectivity index (χ4n) is 1.56. The van der Waals surface area contributed by atoms with Crippen molar-refractivity contribution in [1.29, 1.82) is 0 Å². The molecule has 0 spiro atoms. The van der Waals surface area contributed by atoms with Gasteiger partial charge in [-0.15, -0.1) is 11.3 Å². The number of nitrogens with zero attached hydrogens (tertiary/aromatic N) is 2. The van der Waals surface area contributed by atoms with Crippen molar-refractivity contribution in [1.82, 2.24) is 9.38 Å². The predicted octanol–water partition coefficient (Wildman–Crippen LogP) is 2.06. The van der Waals surface area contributed by atoms with E-state index in [0.29, 0.717) is 12.8 Å². The smallest absolute Gasteiger partial charge is 0.305 e. The molecule has 0 radical (unpaired) electrons. The van der Waals surface area contributed by atoms with Gasteiger partial charge >= 0.3 is 5.97 Å².